The fourth-order valence-corrected chi connectivity index (χ4v) is 4.60. The van der Waals surface area contributed by atoms with E-state index in [2.05, 4.69) is 9.62 Å². The van der Waals surface area contributed by atoms with Gasteiger partial charge >= 0.3 is 0 Å². The number of nitrogens with one attached hydrogen (secondary N) is 1. The zero-order chi connectivity index (χ0) is 23.0. The fraction of sp³-hybridized carbons (Fsp3) is 0.250. The molecule has 0 amide bonds. The maximum absolute atomic E-state index is 12.9. The molecule has 1 aliphatic rings. The number of anilines is 2. The minimum absolute atomic E-state index is 0.0124. The third-order valence-electron chi connectivity index (χ3n) is 5.30. The average molecular weight is 460 g/mol. The van der Waals surface area contributed by atoms with Crippen molar-refractivity contribution < 1.29 is 22.9 Å². The molecule has 4 rings (SSSR count). The Kier molecular flexibility index (Phi) is 5.48. The fourth-order valence-electron chi connectivity index (χ4n) is 3.53. The minimum Gasteiger partial charge on any atom is -0.502 e. The highest BCUT2D eigenvalue weighted by atomic mass is 32.2. The molecule has 3 aromatic rings. The second-order valence-corrected chi connectivity index (χ2v) is 9.15. The lowest BCUT2D eigenvalue weighted by Gasteiger charge is -2.33. The quantitative estimate of drug-likeness (QED) is 0.431. The molecule has 1 saturated heterocycles. The number of piperazine rings is 1. The molecule has 1 aliphatic heterocycles. The minimum atomic E-state index is -4.19. The van der Waals surface area contributed by atoms with Crippen molar-refractivity contribution in [3.05, 3.63) is 63.0 Å². The summed E-state index contributed by atoms with van der Waals surface area (Å²) in [6, 6.07) is 7.76. The summed E-state index contributed by atoms with van der Waals surface area (Å²) < 4.78 is 33.2. The summed E-state index contributed by atoms with van der Waals surface area (Å²) >= 11 is 0. The standard InChI is InChI=1S/C20H20N4O7S/c1-22-6-8-23(9-7-22)16-4-3-14(11-17(16)24(27)28)32(29,30)21-13-2-5-19-15(10-13)20(26)18(25)12-31-19/h2-5,10-12,21,25H,6-9H2,1H3. The Morgan fingerprint density at radius 1 is 1.12 bits per heavy atom. The van der Waals surface area contributed by atoms with Gasteiger partial charge < -0.3 is 19.3 Å². The largest absolute Gasteiger partial charge is 0.502 e. The van der Waals surface area contributed by atoms with Gasteiger partial charge in [-0.15, -0.1) is 0 Å². The number of nitrogens with zero attached hydrogens (tertiary/aromatic N) is 3. The van der Waals surface area contributed by atoms with Gasteiger partial charge in [0.15, 0.2) is 5.75 Å². The molecule has 2 N–H and O–H groups in total. The Bertz CT molecular complexity index is 1360. The van der Waals surface area contributed by atoms with Gasteiger partial charge in [-0.25, -0.2) is 8.42 Å². The third-order valence-corrected chi connectivity index (χ3v) is 6.68. The van der Waals surface area contributed by atoms with E-state index >= 15 is 0 Å². The molecular formula is C20H20N4O7S. The van der Waals surface area contributed by atoms with Crippen LogP contribution in [-0.2, 0) is 10.0 Å². The number of sulfonamides is 1. The molecule has 2 aromatic carbocycles. The van der Waals surface area contributed by atoms with Crippen molar-refractivity contribution in [1.82, 2.24) is 4.90 Å². The summed E-state index contributed by atoms with van der Waals surface area (Å²) in [4.78, 5) is 26.8. The molecule has 0 unspecified atom stereocenters. The van der Waals surface area contributed by atoms with E-state index in [1.165, 1.54) is 30.3 Å². The Morgan fingerprint density at radius 3 is 2.53 bits per heavy atom. The van der Waals surface area contributed by atoms with Crippen molar-refractivity contribution in [2.75, 3.05) is 42.8 Å². The van der Waals surface area contributed by atoms with Crippen molar-refractivity contribution in [2.24, 2.45) is 0 Å². The molecule has 0 aliphatic carbocycles. The average Bonchev–Trinajstić information content (AvgIpc) is 2.76. The summed E-state index contributed by atoms with van der Waals surface area (Å²) in [5, 5.41) is 21.2. The number of aromatic hydroxyl groups is 1. The van der Waals surface area contributed by atoms with E-state index in [0.717, 1.165) is 25.4 Å². The molecular weight excluding hydrogens is 440 g/mol. The van der Waals surface area contributed by atoms with Crippen LogP contribution in [0, 0.1) is 10.1 Å². The topological polar surface area (TPSA) is 146 Å². The molecule has 0 spiro atoms. The van der Waals surface area contributed by atoms with E-state index in [0.29, 0.717) is 18.8 Å². The predicted molar refractivity (Wildman–Crippen MR) is 118 cm³/mol. The molecule has 0 radical (unpaired) electrons. The van der Waals surface area contributed by atoms with Gasteiger partial charge in [0.05, 0.1) is 15.2 Å². The van der Waals surface area contributed by atoms with Crippen LogP contribution in [0.3, 0.4) is 0 Å². The Balaban J connectivity index is 1.67. The van der Waals surface area contributed by atoms with Crippen LogP contribution in [0.25, 0.3) is 11.0 Å². The van der Waals surface area contributed by atoms with Crippen molar-refractivity contribution in [3.63, 3.8) is 0 Å². The lowest BCUT2D eigenvalue weighted by Crippen LogP contribution is -2.44. The van der Waals surface area contributed by atoms with Crippen LogP contribution in [0.4, 0.5) is 17.1 Å². The molecule has 1 aromatic heterocycles. The number of nitro groups is 1. The molecule has 2 heterocycles. The first-order valence-corrected chi connectivity index (χ1v) is 11.1. The van der Waals surface area contributed by atoms with Crippen LogP contribution in [0.2, 0.25) is 0 Å². The molecule has 32 heavy (non-hydrogen) atoms. The van der Waals surface area contributed by atoms with Crippen molar-refractivity contribution >= 4 is 38.1 Å². The SMILES string of the molecule is CN1CCN(c2ccc(S(=O)(=O)Nc3ccc4occ(O)c(=O)c4c3)cc2[N+](=O)[O-])CC1. The smallest absolute Gasteiger partial charge is 0.293 e. The Morgan fingerprint density at radius 2 is 1.84 bits per heavy atom. The molecule has 1 fully saturated rings. The number of likely N-dealkylation sites (N-methyl/N-ethyl adjacent to an activating group) is 1. The summed E-state index contributed by atoms with van der Waals surface area (Å²) in [6.07, 6.45) is 0.898. The predicted octanol–water partition coefficient (Wildman–Crippen LogP) is 1.96. The first-order chi connectivity index (χ1) is 15.2. The first kappa shape index (κ1) is 21.6. The Labute approximate surface area is 182 Å². The first-order valence-electron chi connectivity index (χ1n) is 9.65. The van der Waals surface area contributed by atoms with E-state index in [9.17, 15) is 28.4 Å². The summed E-state index contributed by atoms with van der Waals surface area (Å²) in [6.45, 7) is 2.66. The van der Waals surface area contributed by atoms with Gasteiger partial charge in [-0.2, -0.15) is 0 Å². The highest BCUT2D eigenvalue weighted by Crippen LogP contribution is 2.32. The highest BCUT2D eigenvalue weighted by molar-refractivity contribution is 7.92. The summed E-state index contributed by atoms with van der Waals surface area (Å²) in [5.74, 6) is -0.604. The summed E-state index contributed by atoms with van der Waals surface area (Å²) in [5.41, 5.74) is -0.439. The molecule has 12 heteroatoms. The van der Waals surface area contributed by atoms with Gasteiger partial charge in [0.25, 0.3) is 15.7 Å². The van der Waals surface area contributed by atoms with E-state index in [4.69, 9.17) is 4.42 Å². The maximum atomic E-state index is 12.9. The molecule has 0 bridgehead atoms. The van der Waals surface area contributed by atoms with E-state index in [1.807, 2.05) is 11.9 Å². The van der Waals surface area contributed by atoms with Gasteiger partial charge in [0.1, 0.15) is 17.5 Å². The van der Waals surface area contributed by atoms with Crippen molar-refractivity contribution in [3.8, 4) is 5.75 Å². The number of benzene rings is 2. The zero-order valence-electron chi connectivity index (χ0n) is 17.0. The second kappa shape index (κ2) is 8.13. The van der Waals surface area contributed by atoms with Crippen molar-refractivity contribution in [2.45, 2.75) is 4.90 Å². The van der Waals surface area contributed by atoms with Crippen LogP contribution in [0.15, 0.2) is 56.8 Å². The van der Waals surface area contributed by atoms with E-state index < -0.39 is 26.1 Å². The van der Waals surface area contributed by atoms with Crippen LogP contribution >= 0.6 is 0 Å². The van der Waals surface area contributed by atoms with Crippen LogP contribution < -0.4 is 15.1 Å². The van der Waals surface area contributed by atoms with Crippen molar-refractivity contribution in [1.29, 1.82) is 0 Å². The summed E-state index contributed by atoms with van der Waals surface area (Å²) in [7, 11) is -2.23. The third kappa shape index (κ3) is 4.09. The van der Waals surface area contributed by atoms with Gasteiger partial charge in [-0.3, -0.25) is 19.6 Å². The lowest BCUT2D eigenvalue weighted by molar-refractivity contribution is -0.384. The van der Waals surface area contributed by atoms with Crippen LogP contribution in [0.1, 0.15) is 0 Å². The Hall–Kier alpha value is -3.64. The number of fused-ring (bicyclic) bond motifs is 1. The molecule has 11 nitrogen and oxygen atoms in total. The van der Waals surface area contributed by atoms with Gasteiger partial charge in [0.2, 0.25) is 5.43 Å². The monoisotopic (exact) mass is 460 g/mol. The van der Waals surface area contributed by atoms with Crippen LogP contribution in [0.5, 0.6) is 5.75 Å². The number of hydrogen-bond donors (Lipinski definition) is 2. The second-order valence-electron chi connectivity index (χ2n) is 7.46. The zero-order valence-corrected chi connectivity index (χ0v) is 17.8. The normalized spacial score (nSPS) is 15.1. The lowest BCUT2D eigenvalue weighted by atomic mass is 10.2. The number of hydrogen-bond acceptors (Lipinski definition) is 9. The molecule has 0 atom stereocenters. The van der Waals surface area contributed by atoms with Gasteiger partial charge in [0, 0.05) is 37.9 Å². The van der Waals surface area contributed by atoms with Gasteiger partial charge in [-0.05, 0) is 37.4 Å². The molecule has 0 saturated carbocycles. The van der Waals surface area contributed by atoms with E-state index in [1.54, 1.807) is 0 Å². The number of rotatable bonds is 5. The van der Waals surface area contributed by atoms with E-state index in [-0.39, 0.29) is 27.2 Å². The van der Waals surface area contributed by atoms with Crippen LogP contribution in [-0.4, -0.2) is 56.6 Å². The maximum Gasteiger partial charge on any atom is 0.293 e. The highest BCUT2D eigenvalue weighted by Gasteiger charge is 2.26. The van der Waals surface area contributed by atoms with Gasteiger partial charge in [-0.1, -0.05) is 0 Å². The number of nitro benzene ring substituents is 1. The molecule has 168 valence electrons.